The van der Waals surface area contributed by atoms with E-state index in [0.717, 1.165) is 30.0 Å². The number of hydrogen-bond donors (Lipinski definition) is 0. The molecule has 4 rings (SSSR count). The number of furan rings is 1. The molecule has 0 aliphatic heterocycles. The van der Waals surface area contributed by atoms with Crippen LogP contribution in [0.2, 0.25) is 0 Å². The van der Waals surface area contributed by atoms with E-state index in [2.05, 4.69) is 4.90 Å². The largest absolute Gasteiger partial charge is 0.459 e. The molecule has 124 valence electrons. The minimum Gasteiger partial charge on any atom is -0.459 e. The highest BCUT2D eigenvalue weighted by atomic mass is 16.4. The van der Waals surface area contributed by atoms with Gasteiger partial charge >= 0.3 is 0 Å². The second kappa shape index (κ2) is 6.52. The Bertz CT molecular complexity index is 622. The predicted molar refractivity (Wildman–Crippen MR) is 88.9 cm³/mol. The Morgan fingerprint density at radius 1 is 1.17 bits per heavy atom. The van der Waals surface area contributed by atoms with Crippen molar-refractivity contribution in [3.05, 3.63) is 29.9 Å². The first kappa shape index (κ1) is 15.0. The molecule has 0 N–H and O–H groups in total. The fraction of sp³-hybridized carbons (Fsp3) is 0.632. The van der Waals surface area contributed by atoms with E-state index in [-0.39, 0.29) is 0 Å². The van der Waals surface area contributed by atoms with Crippen LogP contribution in [0.5, 0.6) is 0 Å². The maximum absolute atomic E-state index is 5.84. The Kier molecular flexibility index (Phi) is 4.25. The maximum atomic E-state index is 5.84. The Balaban J connectivity index is 1.51. The monoisotopic (exact) mass is 314 g/mol. The quantitative estimate of drug-likeness (QED) is 0.769. The van der Waals surface area contributed by atoms with Crippen molar-refractivity contribution in [2.45, 2.75) is 64.5 Å². The molecule has 23 heavy (non-hydrogen) atoms. The summed E-state index contributed by atoms with van der Waals surface area (Å²) in [6.45, 7) is 4.16. The molecule has 2 aliphatic rings. The molecule has 0 unspecified atom stereocenters. The van der Waals surface area contributed by atoms with Gasteiger partial charge in [0.05, 0.1) is 12.0 Å². The van der Waals surface area contributed by atoms with Gasteiger partial charge in [0.2, 0.25) is 0 Å². The maximum Gasteiger partial charge on any atom is 0.263 e. The van der Waals surface area contributed by atoms with Crippen LogP contribution in [0.15, 0.2) is 27.2 Å². The molecule has 0 aromatic carbocycles. The third-order valence-electron chi connectivity index (χ3n) is 5.26. The fourth-order valence-electron chi connectivity index (χ4n) is 3.69. The molecule has 0 saturated heterocycles. The molecule has 4 nitrogen and oxygen atoms in total. The van der Waals surface area contributed by atoms with E-state index in [9.17, 15) is 0 Å². The van der Waals surface area contributed by atoms with Gasteiger partial charge in [0.25, 0.3) is 5.89 Å². The molecule has 4 heteroatoms. The van der Waals surface area contributed by atoms with Crippen LogP contribution >= 0.6 is 0 Å². The summed E-state index contributed by atoms with van der Waals surface area (Å²) in [7, 11) is 0. The highest BCUT2D eigenvalue weighted by molar-refractivity contribution is 5.44. The molecule has 0 bridgehead atoms. The summed E-state index contributed by atoms with van der Waals surface area (Å²) < 4.78 is 11.3. The van der Waals surface area contributed by atoms with Crippen molar-refractivity contribution < 1.29 is 8.83 Å². The number of oxazole rings is 1. The van der Waals surface area contributed by atoms with Crippen LogP contribution in [0.4, 0.5) is 0 Å². The molecule has 0 spiro atoms. The van der Waals surface area contributed by atoms with E-state index in [1.165, 1.54) is 51.5 Å². The van der Waals surface area contributed by atoms with Crippen molar-refractivity contribution in [3.63, 3.8) is 0 Å². The van der Waals surface area contributed by atoms with Crippen molar-refractivity contribution in [2.75, 3.05) is 6.54 Å². The van der Waals surface area contributed by atoms with E-state index < -0.39 is 0 Å². The summed E-state index contributed by atoms with van der Waals surface area (Å²) in [5.41, 5.74) is 1.07. The highest BCUT2D eigenvalue weighted by Gasteiger charge is 2.30. The summed E-state index contributed by atoms with van der Waals surface area (Å²) in [5, 5.41) is 0. The first-order valence-electron chi connectivity index (χ1n) is 9.04. The summed E-state index contributed by atoms with van der Waals surface area (Å²) in [6.07, 6.45) is 11.3. The van der Waals surface area contributed by atoms with Gasteiger partial charge in [-0.25, -0.2) is 4.98 Å². The van der Waals surface area contributed by atoms with Crippen LogP contribution < -0.4 is 0 Å². The molecule has 2 heterocycles. The Hall–Kier alpha value is -1.55. The Morgan fingerprint density at radius 2 is 2.00 bits per heavy atom. The van der Waals surface area contributed by atoms with E-state index in [1.54, 1.807) is 6.26 Å². The third-order valence-corrected chi connectivity index (χ3v) is 5.26. The molecule has 0 atom stereocenters. The predicted octanol–water partition coefficient (Wildman–Crippen LogP) is 4.79. The summed E-state index contributed by atoms with van der Waals surface area (Å²) in [4.78, 5) is 7.39. The number of aryl methyl sites for hydroxylation is 1. The van der Waals surface area contributed by atoms with Gasteiger partial charge in [-0.1, -0.05) is 19.3 Å². The number of hydrogen-bond acceptors (Lipinski definition) is 4. The lowest BCUT2D eigenvalue weighted by Crippen LogP contribution is -2.38. The van der Waals surface area contributed by atoms with Gasteiger partial charge in [0.1, 0.15) is 5.76 Å². The lowest BCUT2D eigenvalue weighted by molar-refractivity contribution is 0.139. The fourth-order valence-corrected chi connectivity index (χ4v) is 3.69. The van der Waals surface area contributed by atoms with E-state index in [1.807, 2.05) is 19.1 Å². The molecule has 2 aliphatic carbocycles. The van der Waals surface area contributed by atoms with Gasteiger partial charge in [-0.05, 0) is 50.7 Å². The molecule has 2 fully saturated rings. The molecule has 0 radical (unpaired) electrons. The SMILES string of the molecule is Cc1oc(-c2ccco2)nc1CN(CC1CC1)C1CCCCC1. The van der Waals surface area contributed by atoms with E-state index in [4.69, 9.17) is 13.8 Å². The summed E-state index contributed by atoms with van der Waals surface area (Å²) in [5.74, 6) is 3.16. The third kappa shape index (κ3) is 3.52. The van der Waals surface area contributed by atoms with Crippen LogP contribution in [0.25, 0.3) is 11.7 Å². The zero-order valence-corrected chi connectivity index (χ0v) is 14.0. The zero-order chi connectivity index (χ0) is 15.6. The highest BCUT2D eigenvalue weighted by Crippen LogP contribution is 2.34. The minimum absolute atomic E-state index is 0.609. The molecule has 0 amide bonds. The average Bonchev–Trinajstić information content (AvgIpc) is 3.08. The summed E-state index contributed by atoms with van der Waals surface area (Å²) in [6, 6.07) is 4.50. The van der Waals surface area contributed by atoms with Crippen LogP contribution in [0, 0.1) is 12.8 Å². The lowest BCUT2D eigenvalue weighted by atomic mass is 9.94. The van der Waals surface area contributed by atoms with Crippen LogP contribution in [-0.4, -0.2) is 22.5 Å². The molecule has 2 saturated carbocycles. The van der Waals surface area contributed by atoms with Gasteiger partial charge in [-0.3, -0.25) is 4.90 Å². The minimum atomic E-state index is 0.609. The number of aromatic nitrogens is 1. The lowest BCUT2D eigenvalue weighted by Gasteiger charge is -2.34. The standard InChI is InChI=1S/C19H26N2O2/c1-14-17(20-19(23-14)18-8-5-11-22-18)13-21(12-15-9-10-15)16-6-3-2-4-7-16/h5,8,11,15-16H,2-4,6-7,9-10,12-13H2,1H3. The van der Waals surface area contributed by atoms with Crippen LogP contribution in [-0.2, 0) is 6.54 Å². The zero-order valence-electron chi connectivity index (χ0n) is 14.0. The van der Waals surface area contributed by atoms with Crippen molar-refractivity contribution in [1.29, 1.82) is 0 Å². The van der Waals surface area contributed by atoms with Crippen LogP contribution in [0.1, 0.15) is 56.4 Å². The first-order valence-corrected chi connectivity index (χ1v) is 9.04. The molecular formula is C19H26N2O2. The van der Waals surface area contributed by atoms with Gasteiger partial charge in [0, 0.05) is 19.1 Å². The van der Waals surface area contributed by atoms with Crippen LogP contribution in [0.3, 0.4) is 0 Å². The van der Waals surface area contributed by atoms with E-state index in [0.29, 0.717) is 11.7 Å². The summed E-state index contributed by atoms with van der Waals surface area (Å²) >= 11 is 0. The average molecular weight is 314 g/mol. The van der Waals surface area contributed by atoms with E-state index >= 15 is 0 Å². The van der Waals surface area contributed by atoms with Crippen molar-refractivity contribution >= 4 is 0 Å². The number of nitrogens with zero attached hydrogens (tertiary/aromatic N) is 2. The Morgan fingerprint density at radius 3 is 2.70 bits per heavy atom. The van der Waals surface area contributed by atoms with Crippen molar-refractivity contribution in [1.82, 2.24) is 9.88 Å². The van der Waals surface area contributed by atoms with Gasteiger partial charge in [-0.15, -0.1) is 0 Å². The Labute approximate surface area is 137 Å². The van der Waals surface area contributed by atoms with Crippen molar-refractivity contribution in [3.8, 4) is 11.7 Å². The second-order valence-corrected chi connectivity index (χ2v) is 7.16. The number of rotatable bonds is 6. The van der Waals surface area contributed by atoms with Gasteiger partial charge in [0.15, 0.2) is 5.76 Å². The smallest absolute Gasteiger partial charge is 0.263 e. The topological polar surface area (TPSA) is 42.4 Å². The molecule has 2 aromatic heterocycles. The first-order chi connectivity index (χ1) is 11.3. The second-order valence-electron chi connectivity index (χ2n) is 7.16. The normalized spacial score (nSPS) is 19.6. The molecule has 2 aromatic rings. The molecular weight excluding hydrogens is 288 g/mol. The van der Waals surface area contributed by atoms with Gasteiger partial charge in [-0.2, -0.15) is 0 Å². The van der Waals surface area contributed by atoms with Gasteiger partial charge < -0.3 is 8.83 Å². The van der Waals surface area contributed by atoms with Crippen molar-refractivity contribution in [2.24, 2.45) is 5.92 Å².